The topological polar surface area (TPSA) is 53.9 Å². The molecule has 0 bridgehead atoms. The number of hydrogen-bond acceptors (Lipinski definition) is 2. The van der Waals surface area contributed by atoms with E-state index in [9.17, 15) is 9.59 Å². The normalized spacial score (nSPS) is 16.3. The van der Waals surface area contributed by atoms with Crippen molar-refractivity contribution in [2.75, 3.05) is 32.0 Å². The van der Waals surface area contributed by atoms with Gasteiger partial charge in [0, 0.05) is 18.7 Å². The second-order valence-corrected chi connectivity index (χ2v) is 7.69. The van der Waals surface area contributed by atoms with Crippen LogP contribution in [0.1, 0.15) is 30.9 Å². The Bertz CT molecular complexity index is 806. The molecule has 2 atom stereocenters. The van der Waals surface area contributed by atoms with E-state index in [1.807, 2.05) is 54.4 Å². The average Bonchev–Trinajstić information content (AvgIpc) is 2.71. The van der Waals surface area contributed by atoms with Gasteiger partial charge in [0.05, 0.1) is 17.8 Å². The van der Waals surface area contributed by atoms with Crippen molar-refractivity contribution in [1.82, 2.24) is 4.90 Å². The fraction of sp³-hybridized carbons (Fsp3) is 0.364. The zero-order chi connectivity index (χ0) is 19.9. The molecular formula is C22H27ClN3O2+. The zero-order valence-electron chi connectivity index (χ0n) is 16.2. The van der Waals surface area contributed by atoms with Crippen LogP contribution in [0.3, 0.4) is 0 Å². The van der Waals surface area contributed by atoms with E-state index in [1.54, 1.807) is 12.1 Å². The Hall–Kier alpha value is -2.37. The molecule has 1 aliphatic rings. The minimum atomic E-state index is -0.406. The van der Waals surface area contributed by atoms with Crippen LogP contribution in [-0.4, -0.2) is 43.4 Å². The summed E-state index contributed by atoms with van der Waals surface area (Å²) in [6.07, 6.45) is 3.25. The summed E-state index contributed by atoms with van der Waals surface area (Å²) in [5, 5.41) is 3.35. The zero-order valence-corrected chi connectivity index (χ0v) is 16.9. The molecule has 0 spiro atoms. The average molecular weight is 401 g/mol. The van der Waals surface area contributed by atoms with Crippen LogP contribution < -0.4 is 10.2 Å². The maximum atomic E-state index is 13.3. The molecule has 1 unspecified atom stereocenters. The summed E-state index contributed by atoms with van der Waals surface area (Å²) < 4.78 is 0. The van der Waals surface area contributed by atoms with Crippen molar-refractivity contribution in [2.45, 2.75) is 25.3 Å². The number of nitrogens with zero attached hydrogens (tertiary/aromatic N) is 1. The molecule has 6 heteroatoms. The van der Waals surface area contributed by atoms with Gasteiger partial charge in [0.25, 0.3) is 11.8 Å². The molecule has 1 aliphatic heterocycles. The third kappa shape index (κ3) is 5.12. The molecule has 1 heterocycles. The first kappa shape index (κ1) is 20.4. The van der Waals surface area contributed by atoms with Crippen LogP contribution in [0.5, 0.6) is 0 Å². The number of halogens is 1. The number of carbonyl (C=O) groups excluding carboxylic acids is 2. The fourth-order valence-corrected chi connectivity index (χ4v) is 3.88. The Labute approximate surface area is 171 Å². The van der Waals surface area contributed by atoms with Gasteiger partial charge in [0.2, 0.25) is 0 Å². The van der Waals surface area contributed by atoms with Gasteiger partial charge in [-0.1, -0.05) is 54.1 Å². The lowest BCUT2D eigenvalue weighted by Gasteiger charge is -2.32. The van der Waals surface area contributed by atoms with E-state index in [4.69, 9.17) is 11.6 Å². The lowest BCUT2D eigenvalue weighted by molar-refractivity contribution is -0.894. The molecule has 2 amide bonds. The third-order valence-electron chi connectivity index (χ3n) is 5.13. The van der Waals surface area contributed by atoms with Crippen LogP contribution in [0, 0.1) is 0 Å². The van der Waals surface area contributed by atoms with Gasteiger partial charge in [-0.15, -0.1) is 0 Å². The summed E-state index contributed by atoms with van der Waals surface area (Å²) in [6, 6.07) is 16.5. The SMILES string of the molecule is C[NH+](CC(=O)Nc1ccccc1Cl)[C@@H](C(=O)N1CCCCC1)c1ccccc1. The van der Waals surface area contributed by atoms with E-state index in [0.717, 1.165) is 36.4 Å². The number of likely N-dealkylation sites (tertiary alicyclic amines) is 1. The highest BCUT2D eigenvalue weighted by Crippen LogP contribution is 2.20. The Morgan fingerprint density at radius 2 is 1.68 bits per heavy atom. The van der Waals surface area contributed by atoms with Gasteiger partial charge in [0.15, 0.2) is 12.6 Å². The Morgan fingerprint density at radius 3 is 2.36 bits per heavy atom. The molecule has 0 aliphatic carbocycles. The Balaban J connectivity index is 1.74. The van der Waals surface area contributed by atoms with Crippen LogP contribution in [-0.2, 0) is 9.59 Å². The summed E-state index contributed by atoms with van der Waals surface area (Å²) in [7, 11) is 1.89. The lowest BCUT2D eigenvalue weighted by atomic mass is 10.0. The van der Waals surface area contributed by atoms with Crippen molar-refractivity contribution in [3.63, 3.8) is 0 Å². The molecule has 0 aromatic heterocycles. The van der Waals surface area contributed by atoms with Crippen molar-refractivity contribution in [1.29, 1.82) is 0 Å². The second kappa shape index (κ2) is 9.71. The number of likely N-dealkylation sites (N-methyl/N-ethyl adjacent to an activating group) is 1. The van der Waals surface area contributed by atoms with E-state index in [2.05, 4.69) is 5.32 Å². The predicted octanol–water partition coefficient (Wildman–Crippen LogP) is 2.55. The minimum Gasteiger partial charge on any atom is -0.337 e. The molecule has 1 saturated heterocycles. The van der Waals surface area contributed by atoms with Gasteiger partial charge < -0.3 is 15.1 Å². The number of carbonyl (C=O) groups is 2. The Kier molecular flexibility index (Phi) is 7.06. The maximum absolute atomic E-state index is 13.3. The first-order valence-electron chi connectivity index (χ1n) is 9.76. The Morgan fingerprint density at radius 1 is 1.04 bits per heavy atom. The largest absolute Gasteiger partial charge is 0.337 e. The van der Waals surface area contributed by atoms with E-state index in [0.29, 0.717) is 10.7 Å². The molecule has 28 heavy (non-hydrogen) atoms. The van der Waals surface area contributed by atoms with Gasteiger partial charge in [-0.25, -0.2) is 0 Å². The summed E-state index contributed by atoms with van der Waals surface area (Å²) in [4.78, 5) is 28.7. The smallest absolute Gasteiger partial charge is 0.285 e. The number of anilines is 1. The van der Waals surface area contributed by atoms with Crippen molar-refractivity contribution in [3.8, 4) is 0 Å². The number of piperidine rings is 1. The first-order chi connectivity index (χ1) is 13.6. The van der Waals surface area contributed by atoms with E-state index in [1.165, 1.54) is 6.42 Å². The van der Waals surface area contributed by atoms with Crippen molar-refractivity contribution >= 4 is 29.1 Å². The molecule has 148 valence electrons. The summed E-state index contributed by atoms with van der Waals surface area (Å²) in [6.45, 7) is 1.76. The highest BCUT2D eigenvalue weighted by molar-refractivity contribution is 6.33. The van der Waals surface area contributed by atoms with Crippen molar-refractivity contribution < 1.29 is 14.5 Å². The first-order valence-corrected chi connectivity index (χ1v) is 10.1. The van der Waals surface area contributed by atoms with Crippen LogP contribution in [0.2, 0.25) is 5.02 Å². The van der Waals surface area contributed by atoms with Gasteiger partial charge in [-0.3, -0.25) is 9.59 Å². The molecule has 0 saturated carbocycles. The molecule has 3 rings (SSSR count). The standard InChI is InChI=1S/C22H26ClN3O2/c1-25(16-20(27)24-19-13-7-6-12-18(19)23)21(17-10-4-2-5-11-17)22(28)26-14-8-3-9-15-26/h2,4-7,10-13,21H,3,8-9,14-16H2,1H3,(H,24,27)/p+1/t21-/m1/s1. The predicted molar refractivity (Wildman–Crippen MR) is 111 cm³/mol. The van der Waals surface area contributed by atoms with Crippen LogP contribution in [0.15, 0.2) is 54.6 Å². The lowest BCUT2D eigenvalue weighted by Crippen LogP contribution is -3.11. The van der Waals surface area contributed by atoms with Crippen LogP contribution in [0.4, 0.5) is 5.69 Å². The quantitative estimate of drug-likeness (QED) is 0.783. The number of nitrogens with one attached hydrogen (secondary N) is 2. The van der Waals surface area contributed by atoms with E-state index < -0.39 is 6.04 Å². The van der Waals surface area contributed by atoms with E-state index >= 15 is 0 Å². The van der Waals surface area contributed by atoms with Crippen molar-refractivity contribution in [3.05, 3.63) is 65.2 Å². The third-order valence-corrected chi connectivity index (χ3v) is 5.46. The molecule has 2 aromatic carbocycles. The fourth-order valence-electron chi connectivity index (χ4n) is 3.69. The molecule has 2 aromatic rings. The molecule has 1 fully saturated rings. The van der Waals surface area contributed by atoms with Gasteiger partial charge in [0.1, 0.15) is 0 Å². The van der Waals surface area contributed by atoms with Crippen LogP contribution >= 0.6 is 11.6 Å². The molecule has 0 radical (unpaired) electrons. The number of hydrogen-bond donors (Lipinski definition) is 2. The number of amides is 2. The molecule has 2 N–H and O–H groups in total. The van der Waals surface area contributed by atoms with Gasteiger partial charge in [-0.2, -0.15) is 0 Å². The van der Waals surface area contributed by atoms with Crippen LogP contribution in [0.25, 0.3) is 0 Å². The van der Waals surface area contributed by atoms with Gasteiger partial charge >= 0.3 is 0 Å². The maximum Gasteiger partial charge on any atom is 0.285 e. The monoisotopic (exact) mass is 400 g/mol. The molecular weight excluding hydrogens is 374 g/mol. The van der Waals surface area contributed by atoms with Crippen molar-refractivity contribution in [2.24, 2.45) is 0 Å². The second-order valence-electron chi connectivity index (χ2n) is 7.28. The molecule has 5 nitrogen and oxygen atoms in total. The minimum absolute atomic E-state index is 0.0916. The van der Waals surface area contributed by atoms with E-state index in [-0.39, 0.29) is 18.4 Å². The summed E-state index contributed by atoms with van der Waals surface area (Å²) >= 11 is 6.13. The summed E-state index contributed by atoms with van der Waals surface area (Å²) in [5.41, 5.74) is 1.52. The summed E-state index contributed by atoms with van der Waals surface area (Å²) in [5.74, 6) is -0.0769. The highest BCUT2D eigenvalue weighted by Gasteiger charge is 2.34. The number of quaternary nitrogens is 1. The number of benzene rings is 2. The highest BCUT2D eigenvalue weighted by atomic mass is 35.5. The van der Waals surface area contributed by atoms with Gasteiger partial charge in [-0.05, 0) is 31.4 Å². The number of rotatable bonds is 6. The number of para-hydroxylation sites is 1.